The molecule has 3 amide bonds. The smallest absolute Gasteiger partial charge is 0.323 e. The first kappa shape index (κ1) is 31.9. The minimum absolute atomic E-state index is 0.116. The molecule has 0 saturated carbocycles. The number of urea groups is 1. The number of pyridine rings is 3. The third-order valence-corrected chi connectivity index (χ3v) is 7.61. The maximum atomic E-state index is 14.2. The van der Waals surface area contributed by atoms with Gasteiger partial charge in [0.05, 0.1) is 19.0 Å². The van der Waals surface area contributed by atoms with Crippen molar-refractivity contribution >= 4 is 40.0 Å². The van der Waals surface area contributed by atoms with Crippen molar-refractivity contribution in [1.82, 2.24) is 14.5 Å². The number of hydrogen-bond donors (Lipinski definition) is 3. The van der Waals surface area contributed by atoms with Gasteiger partial charge in [-0.15, -0.1) is 0 Å². The summed E-state index contributed by atoms with van der Waals surface area (Å²) in [7, 11) is 1.58. The Kier molecular flexibility index (Phi) is 9.46. The monoisotopic (exact) mass is 618 g/mol. The van der Waals surface area contributed by atoms with E-state index in [9.17, 15) is 14.4 Å². The van der Waals surface area contributed by atoms with Gasteiger partial charge in [-0.05, 0) is 71.5 Å². The minimum Gasteiger partial charge on any atom is -0.497 e. The molecule has 5 rings (SSSR count). The number of carbonyl (C=O) groups is 2. The number of benzene rings is 2. The Labute approximate surface area is 267 Å². The van der Waals surface area contributed by atoms with E-state index in [4.69, 9.17) is 4.74 Å². The van der Waals surface area contributed by atoms with Gasteiger partial charge in [0.1, 0.15) is 17.1 Å². The zero-order chi connectivity index (χ0) is 32.8. The summed E-state index contributed by atoms with van der Waals surface area (Å²) in [5.41, 5.74) is 3.31. The lowest BCUT2D eigenvalue weighted by molar-refractivity contribution is 0.102. The summed E-state index contributed by atoms with van der Waals surface area (Å²) in [6.07, 6.45) is 6.48. The first-order valence-corrected chi connectivity index (χ1v) is 15.2. The average Bonchev–Trinajstić information content (AvgIpc) is 3.04. The number of unbranched alkanes of at least 4 members (excludes halogenated alkanes) is 1. The quantitative estimate of drug-likeness (QED) is 0.157. The van der Waals surface area contributed by atoms with E-state index in [0.29, 0.717) is 51.4 Å². The largest absolute Gasteiger partial charge is 0.497 e. The fraction of sp³-hybridized carbons (Fsp3) is 0.250. The summed E-state index contributed by atoms with van der Waals surface area (Å²) >= 11 is 0. The molecule has 0 fully saturated rings. The Balaban J connectivity index is 1.58. The number of aromatic nitrogens is 3. The number of methoxy groups -OCH3 is 1. The van der Waals surface area contributed by atoms with Crippen molar-refractivity contribution in [2.45, 2.75) is 52.5 Å². The number of aryl methyl sites for hydroxylation is 1. The summed E-state index contributed by atoms with van der Waals surface area (Å²) in [5.74, 6) is 0.259. The number of ether oxygens (including phenoxy) is 1. The third kappa shape index (κ3) is 6.91. The predicted molar refractivity (Wildman–Crippen MR) is 183 cm³/mol. The van der Waals surface area contributed by atoms with Crippen LogP contribution >= 0.6 is 0 Å². The standard InChI is InChI=1S/C36H38N6O4/c1-6-7-19-42-32-27(14-10-18-38-32)30(23-11-8-13-26(20-23)46-5)31(34(42)44)41-35(45)40-29-21-24(15-16-28(29)36(2,3)4)33(43)39-25-12-9-17-37-22-25/h8-18,20-22H,6-7,19H2,1-5H3,(H,39,43)(H2,40,41,45). The first-order chi connectivity index (χ1) is 22.1. The third-order valence-electron chi connectivity index (χ3n) is 7.61. The second kappa shape index (κ2) is 13.6. The minimum atomic E-state index is -0.623. The normalized spacial score (nSPS) is 11.2. The molecule has 0 aliphatic rings. The van der Waals surface area contributed by atoms with Crippen LogP contribution in [0.2, 0.25) is 0 Å². The van der Waals surface area contributed by atoms with Crippen LogP contribution in [0.5, 0.6) is 5.75 Å². The van der Waals surface area contributed by atoms with Crippen molar-refractivity contribution in [3.05, 3.63) is 107 Å². The molecular weight excluding hydrogens is 580 g/mol. The molecule has 3 N–H and O–H groups in total. The Bertz CT molecular complexity index is 1950. The summed E-state index contributed by atoms with van der Waals surface area (Å²) in [4.78, 5) is 49.7. The van der Waals surface area contributed by atoms with E-state index in [2.05, 4.69) is 32.8 Å². The highest BCUT2D eigenvalue weighted by molar-refractivity contribution is 6.09. The highest BCUT2D eigenvalue weighted by Crippen LogP contribution is 2.35. The molecule has 10 heteroatoms. The van der Waals surface area contributed by atoms with Crippen molar-refractivity contribution < 1.29 is 14.3 Å². The summed E-state index contributed by atoms with van der Waals surface area (Å²) in [6, 6.07) is 19.1. The van der Waals surface area contributed by atoms with E-state index in [-0.39, 0.29) is 22.6 Å². The van der Waals surface area contributed by atoms with Gasteiger partial charge in [0.2, 0.25) is 0 Å². The van der Waals surface area contributed by atoms with Gasteiger partial charge in [-0.2, -0.15) is 0 Å². The molecule has 0 bridgehead atoms. The van der Waals surface area contributed by atoms with E-state index < -0.39 is 6.03 Å². The van der Waals surface area contributed by atoms with Crippen molar-refractivity contribution in [3.63, 3.8) is 0 Å². The molecular formula is C36H38N6O4. The second-order valence-electron chi connectivity index (χ2n) is 12.0. The zero-order valence-electron chi connectivity index (χ0n) is 26.7. The molecule has 0 radical (unpaired) electrons. The average molecular weight is 619 g/mol. The number of amides is 3. The maximum absolute atomic E-state index is 14.2. The number of anilines is 3. The van der Waals surface area contributed by atoms with Gasteiger partial charge in [-0.25, -0.2) is 9.78 Å². The van der Waals surface area contributed by atoms with Crippen LogP contribution in [0.3, 0.4) is 0 Å². The van der Waals surface area contributed by atoms with Gasteiger partial charge in [-0.3, -0.25) is 19.1 Å². The molecule has 0 atom stereocenters. The SMILES string of the molecule is CCCCn1c(=O)c(NC(=O)Nc2cc(C(=O)Nc3cccnc3)ccc2C(C)(C)C)c(-c2cccc(OC)c2)c2cccnc21. The summed E-state index contributed by atoms with van der Waals surface area (Å²) < 4.78 is 7.09. The van der Waals surface area contributed by atoms with Gasteiger partial charge in [0.25, 0.3) is 11.5 Å². The summed E-state index contributed by atoms with van der Waals surface area (Å²) in [6.45, 7) is 8.55. The fourth-order valence-corrected chi connectivity index (χ4v) is 5.35. The lowest BCUT2D eigenvalue weighted by Gasteiger charge is -2.24. The van der Waals surface area contributed by atoms with E-state index in [1.165, 1.54) is 0 Å². The van der Waals surface area contributed by atoms with Crippen LogP contribution in [-0.2, 0) is 12.0 Å². The number of carbonyl (C=O) groups excluding carboxylic acids is 2. The lowest BCUT2D eigenvalue weighted by atomic mass is 9.85. The second-order valence-corrected chi connectivity index (χ2v) is 12.0. The number of nitrogens with one attached hydrogen (secondary N) is 3. The lowest BCUT2D eigenvalue weighted by Crippen LogP contribution is -2.30. The number of fused-ring (bicyclic) bond motifs is 1. The molecule has 2 aromatic carbocycles. The van der Waals surface area contributed by atoms with Gasteiger partial charge >= 0.3 is 6.03 Å². The topological polar surface area (TPSA) is 127 Å². The van der Waals surface area contributed by atoms with Crippen LogP contribution < -0.4 is 26.2 Å². The van der Waals surface area contributed by atoms with E-state index in [0.717, 1.165) is 18.4 Å². The molecule has 0 saturated heterocycles. The number of nitrogens with zero attached hydrogens (tertiary/aromatic N) is 3. The van der Waals surface area contributed by atoms with E-state index in [1.807, 2.05) is 63.2 Å². The molecule has 46 heavy (non-hydrogen) atoms. The van der Waals surface area contributed by atoms with Crippen molar-refractivity contribution in [1.29, 1.82) is 0 Å². The first-order valence-electron chi connectivity index (χ1n) is 15.2. The highest BCUT2D eigenvalue weighted by atomic mass is 16.5. The predicted octanol–water partition coefficient (Wildman–Crippen LogP) is 7.46. The zero-order valence-corrected chi connectivity index (χ0v) is 26.7. The van der Waals surface area contributed by atoms with Crippen LogP contribution in [0.1, 0.15) is 56.5 Å². The highest BCUT2D eigenvalue weighted by Gasteiger charge is 2.24. The Morgan fingerprint density at radius 2 is 1.74 bits per heavy atom. The Hall–Kier alpha value is -5.51. The van der Waals surface area contributed by atoms with Crippen LogP contribution in [-0.4, -0.2) is 33.6 Å². The number of hydrogen-bond acceptors (Lipinski definition) is 6. The van der Waals surface area contributed by atoms with Gasteiger partial charge in [0.15, 0.2) is 0 Å². The molecule has 0 aliphatic heterocycles. The molecule has 0 aliphatic carbocycles. The Morgan fingerprint density at radius 3 is 2.46 bits per heavy atom. The van der Waals surface area contributed by atoms with Gasteiger partial charge in [0, 0.05) is 41.1 Å². The molecule has 0 spiro atoms. The Morgan fingerprint density at radius 1 is 0.935 bits per heavy atom. The van der Waals surface area contributed by atoms with Crippen LogP contribution in [0.15, 0.2) is 90.1 Å². The molecule has 236 valence electrons. The van der Waals surface area contributed by atoms with Crippen molar-refractivity contribution in [2.75, 3.05) is 23.1 Å². The van der Waals surface area contributed by atoms with Crippen molar-refractivity contribution in [2.24, 2.45) is 0 Å². The fourth-order valence-electron chi connectivity index (χ4n) is 5.35. The van der Waals surface area contributed by atoms with Crippen LogP contribution in [0, 0.1) is 0 Å². The van der Waals surface area contributed by atoms with Crippen LogP contribution in [0.25, 0.3) is 22.2 Å². The van der Waals surface area contributed by atoms with Gasteiger partial charge < -0.3 is 20.7 Å². The molecule has 3 heterocycles. The van der Waals surface area contributed by atoms with E-state index in [1.54, 1.807) is 54.5 Å². The molecule has 10 nitrogen and oxygen atoms in total. The number of rotatable bonds is 9. The van der Waals surface area contributed by atoms with Crippen LogP contribution in [0.4, 0.5) is 21.9 Å². The molecule has 5 aromatic rings. The van der Waals surface area contributed by atoms with Gasteiger partial charge in [-0.1, -0.05) is 52.3 Å². The van der Waals surface area contributed by atoms with Crippen molar-refractivity contribution in [3.8, 4) is 16.9 Å². The maximum Gasteiger partial charge on any atom is 0.323 e. The molecule has 3 aromatic heterocycles. The summed E-state index contributed by atoms with van der Waals surface area (Å²) in [5, 5.41) is 9.35. The molecule has 0 unspecified atom stereocenters. The van der Waals surface area contributed by atoms with E-state index >= 15 is 0 Å².